The summed E-state index contributed by atoms with van der Waals surface area (Å²) in [6.07, 6.45) is 0.345. The van der Waals surface area contributed by atoms with Gasteiger partial charge in [0.2, 0.25) is 0 Å². The molecule has 0 aromatic heterocycles. The Morgan fingerprint density at radius 3 is 2.71 bits per heavy atom. The van der Waals surface area contributed by atoms with E-state index in [4.69, 9.17) is 0 Å². The van der Waals surface area contributed by atoms with Gasteiger partial charge in [0.1, 0.15) is 0 Å². The number of anilines is 1. The molecule has 1 aliphatic rings. The maximum atomic E-state index is 11.9. The molecule has 114 valence electrons. The minimum Gasteiger partial charge on any atom is -0.332 e. The van der Waals surface area contributed by atoms with Crippen LogP contribution in [-0.4, -0.2) is 36.4 Å². The molecule has 1 aromatic rings. The van der Waals surface area contributed by atoms with Crippen molar-refractivity contribution in [2.24, 2.45) is 0 Å². The summed E-state index contributed by atoms with van der Waals surface area (Å²) in [5.74, 6) is -0.0665. The van der Waals surface area contributed by atoms with Crippen molar-refractivity contribution in [3.63, 3.8) is 0 Å². The zero-order valence-electron chi connectivity index (χ0n) is 11.3. The molecule has 9 heteroatoms. The summed E-state index contributed by atoms with van der Waals surface area (Å²) in [6, 6.07) is 4.92. The molecule has 0 radical (unpaired) electrons. The standard InChI is InChI=1S/C12H15N3O5S/c1-12(5-6-21(19,20)8-12)14-11(16)13-9-3-2-4-10(7-9)15(17)18/h2-4,7H,5-6,8H2,1H3,(H2,13,14,16). The van der Waals surface area contributed by atoms with Crippen LogP contribution in [0.15, 0.2) is 24.3 Å². The molecule has 0 bridgehead atoms. The summed E-state index contributed by atoms with van der Waals surface area (Å²) in [5.41, 5.74) is -0.683. The topological polar surface area (TPSA) is 118 Å². The van der Waals surface area contributed by atoms with Crippen LogP contribution in [0.5, 0.6) is 0 Å². The first-order valence-electron chi connectivity index (χ1n) is 6.23. The van der Waals surface area contributed by atoms with Crippen molar-refractivity contribution < 1.29 is 18.1 Å². The zero-order chi connectivity index (χ0) is 15.7. The molecule has 1 aliphatic heterocycles. The number of amides is 2. The Labute approximate surface area is 121 Å². The first-order valence-corrected chi connectivity index (χ1v) is 8.05. The molecule has 2 rings (SSSR count). The van der Waals surface area contributed by atoms with E-state index in [1.807, 2.05) is 0 Å². The van der Waals surface area contributed by atoms with E-state index in [0.717, 1.165) is 0 Å². The minimum atomic E-state index is -3.12. The lowest BCUT2D eigenvalue weighted by atomic mass is 10.0. The third kappa shape index (κ3) is 3.91. The van der Waals surface area contributed by atoms with Crippen LogP contribution in [0.3, 0.4) is 0 Å². The van der Waals surface area contributed by atoms with Gasteiger partial charge in [-0.25, -0.2) is 13.2 Å². The van der Waals surface area contributed by atoms with E-state index < -0.39 is 26.3 Å². The minimum absolute atomic E-state index is 0.0423. The van der Waals surface area contributed by atoms with E-state index in [-0.39, 0.29) is 22.9 Å². The average Bonchev–Trinajstić information content (AvgIpc) is 2.63. The average molecular weight is 313 g/mol. The molecule has 1 heterocycles. The van der Waals surface area contributed by atoms with Crippen molar-refractivity contribution in [3.8, 4) is 0 Å². The monoisotopic (exact) mass is 313 g/mol. The molecule has 2 N–H and O–H groups in total. The molecule has 1 unspecified atom stereocenters. The number of hydrogen-bond donors (Lipinski definition) is 2. The highest BCUT2D eigenvalue weighted by Gasteiger charge is 2.39. The van der Waals surface area contributed by atoms with Crippen LogP contribution in [0.25, 0.3) is 0 Å². The smallest absolute Gasteiger partial charge is 0.319 e. The normalized spacial score (nSPS) is 23.5. The predicted molar refractivity (Wildman–Crippen MR) is 76.9 cm³/mol. The number of carbonyl (C=O) groups is 1. The zero-order valence-corrected chi connectivity index (χ0v) is 12.1. The number of sulfone groups is 1. The molecular weight excluding hydrogens is 298 g/mol. The molecule has 0 saturated carbocycles. The molecule has 0 aliphatic carbocycles. The third-order valence-corrected chi connectivity index (χ3v) is 5.14. The van der Waals surface area contributed by atoms with Gasteiger partial charge in [0.15, 0.2) is 9.84 Å². The highest BCUT2D eigenvalue weighted by molar-refractivity contribution is 7.91. The Kier molecular flexibility index (Phi) is 3.86. The fourth-order valence-electron chi connectivity index (χ4n) is 2.24. The molecule has 8 nitrogen and oxygen atoms in total. The van der Waals surface area contributed by atoms with Crippen LogP contribution in [0, 0.1) is 10.1 Å². The van der Waals surface area contributed by atoms with Gasteiger partial charge in [0.25, 0.3) is 5.69 Å². The van der Waals surface area contributed by atoms with E-state index >= 15 is 0 Å². The molecule has 0 spiro atoms. The van der Waals surface area contributed by atoms with Gasteiger partial charge in [0.05, 0.1) is 22.0 Å². The molecule has 1 aromatic carbocycles. The van der Waals surface area contributed by atoms with E-state index in [1.165, 1.54) is 24.3 Å². The lowest BCUT2D eigenvalue weighted by Gasteiger charge is -2.23. The fraction of sp³-hybridized carbons (Fsp3) is 0.417. The van der Waals surface area contributed by atoms with Crippen LogP contribution in [0.4, 0.5) is 16.2 Å². The largest absolute Gasteiger partial charge is 0.332 e. The van der Waals surface area contributed by atoms with Crippen molar-refractivity contribution in [1.29, 1.82) is 0 Å². The lowest BCUT2D eigenvalue weighted by Crippen LogP contribution is -2.48. The van der Waals surface area contributed by atoms with Gasteiger partial charge >= 0.3 is 6.03 Å². The maximum absolute atomic E-state index is 11.9. The quantitative estimate of drug-likeness (QED) is 0.644. The Morgan fingerprint density at radius 1 is 1.43 bits per heavy atom. The van der Waals surface area contributed by atoms with Gasteiger partial charge in [-0.2, -0.15) is 0 Å². The second-order valence-electron chi connectivity index (χ2n) is 5.29. The number of benzene rings is 1. The molecule has 2 amide bonds. The Morgan fingerprint density at radius 2 is 2.14 bits per heavy atom. The SMILES string of the molecule is CC1(NC(=O)Nc2cccc([N+](=O)[O-])c2)CCS(=O)(=O)C1. The number of non-ortho nitro benzene ring substituents is 1. The number of nitro benzene ring substituents is 1. The predicted octanol–water partition coefficient (Wildman–Crippen LogP) is 1.29. The van der Waals surface area contributed by atoms with Gasteiger partial charge in [-0.05, 0) is 19.4 Å². The summed E-state index contributed by atoms with van der Waals surface area (Å²) >= 11 is 0. The molecular formula is C12H15N3O5S. The van der Waals surface area contributed by atoms with Gasteiger partial charge in [-0.1, -0.05) is 6.07 Å². The van der Waals surface area contributed by atoms with Crippen molar-refractivity contribution in [2.45, 2.75) is 18.9 Å². The second-order valence-corrected chi connectivity index (χ2v) is 7.47. The number of nitrogens with zero attached hydrogens (tertiary/aromatic N) is 1. The van der Waals surface area contributed by atoms with Gasteiger partial charge in [-0.3, -0.25) is 10.1 Å². The highest BCUT2D eigenvalue weighted by Crippen LogP contribution is 2.23. The number of rotatable bonds is 3. The summed E-state index contributed by atoms with van der Waals surface area (Å²) in [5, 5.41) is 15.7. The fourth-order valence-corrected chi connectivity index (χ4v) is 4.34. The number of carbonyl (C=O) groups excluding carboxylic acids is 1. The summed E-state index contributed by atoms with van der Waals surface area (Å²) in [4.78, 5) is 22.0. The summed E-state index contributed by atoms with van der Waals surface area (Å²) < 4.78 is 22.9. The van der Waals surface area contributed by atoms with Gasteiger partial charge in [0, 0.05) is 17.8 Å². The molecule has 1 atom stereocenters. The van der Waals surface area contributed by atoms with Crippen molar-refractivity contribution in [2.75, 3.05) is 16.8 Å². The van der Waals surface area contributed by atoms with E-state index in [0.29, 0.717) is 6.42 Å². The molecule has 1 fully saturated rings. The van der Waals surface area contributed by atoms with E-state index in [2.05, 4.69) is 10.6 Å². The van der Waals surface area contributed by atoms with Crippen molar-refractivity contribution >= 4 is 27.2 Å². The second kappa shape index (κ2) is 5.32. The maximum Gasteiger partial charge on any atom is 0.319 e. The summed E-state index contributed by atoms with van der Waals surface area (Å²) in [7, 11) is -3.12. The van der Waals surface area contributed by atoms with Crippen LogP contribution >= 0.6 is 0 Å². The Balaban J connectivity index is 2.02. The first kappa shape index (κ1) is 15.2. The van der Waals surface area contributed by atoms with Crippen LogP contribution in [0.1, 0.15) is 13.3 Å². The molecule has 21 heavy (non-hydrogen) atoms. The Hall–Kier alpha value is -2.16. The number of nitro groups is 1. The number of nitrogens with one attached hydrogen (secondary N) is 2. The van der Waals surface area contributed by atoms with Gasteiger partial charge in [-0.15, -0.1) is 0 Å². The summed E-state index contributed by atoms with van der Waals surface area (Å²) in [6.45, 7) is 1.66. The van der Waals surface area contributed by atoms with Crippen LogP contribution in [0.2, 0.25) is 0 Å². The van der Waals surface area contributed by atoms with E-state index in [9.17, 15) is 23.3 Å². The van der Waals surface area contributed by atoms with Gasteiger partial charge < -0.3 is 10.6 Å². The van der Waals surface area contributed by atoms with E-state index in [1.54, 1.807) is 6.92 Å². The molecule has 1 saturated heterocycles. The van der Waals surface area contributed by atoms with Crippen molar-refractivity contribution in [3.05, 3.63) is 34.4 Å². The van der Waals surface area contributed by atoms with Crippen molar-refractivity contribution in [1.82, 2.24) is 5.32 Å². The van der Waals surface area contributed by atoms with Crippen LogP contribution < -0.4 is 10.6 Å². The Bertz CT molecular complexity index is 688. The number of hydrogen-bond acceptors (Lipinski definition) is 5. The van der Waals surface area contributed by atoms with Crippen LogP contribution in [-0.2, 0) is 9.84 Å². The third-order valence-electron chi connectivity index (χ3n) is 3.23. The highest BCUT2D eigenvalue weighted by atomic mass is 32.2. The lowest BCUT2D eigenvalue weighted by molar-refractivity contribution is -0.384. The first-order chi connectivity index (χ1) is 9.69. The number of urea groups is 1.